The maximum atomic E-state index is 12.9. The first-order valence-electron chi connectivity index (χ1n) is 9.07. The van der Waals surface area contributed by atoms with Crippen LogP contribution in [0.3, 0.4) is 0 Å². The number of carbonyl (C=O) groups excluding carboxylic acids is 1. The van der Waals surface area contributed by atoms with Crippen molar-refractivity contribution >= 4 is 17.4 Å². The summed E-state index contributed by atoms with van der Waals surface area (Å²) in [6.45, 7) is 1.27. The Hall–Kier alpha value is -3.30. The lowest BCUT2D eigenvalue weighted by atomic mass is 10.1. The summed E-state index contributed by atoms with van der Waals surface area (Å²) in [4.78, 5) is 14.2. The lowest BCUT2D eigenvalue weighted by Crippen LogP contribution is -2.36. The summed E-state index contributed by atoms with van der Waals surface area (Å²) in [6.07, 6.45) is -0.184. The number of nitrogens with zero attached hydrogens (tertiary/aromatic N) is 4. The van der Waals surface area contributed by atoms with Crippen LogP contribution >= 0.6 is 0 Å². The molecule has 0 fully saturated rings. The Labute approximate surface area is 164 Å². The van der Waals surface area contributed by atoms with Crippen molar-refractivity contribution in [2.75, 3.05) is 11.9 Å². The van der Waals surface area contributed by atoms with Crippen molar-refractivity contribution in [3.05, 3.63) is 59.6 Å². The van der Waals surface area contributed by atoms with Gasteiger partial charge in [-0.1, -0.05) is 11.2 Å². The number of hydrogen-bond donors (Lipinski definition) is 1. The van der Waals surface area contributed by atoms with Crippen LogP contribution in [0, 0.1) is 0 Å². The monoisotopic (exact) mass is 405 g/mol. The van der Waals surface area contributed by atoms with Crippen LogP contribution in [0.1, 0.15) is 23.3 Å². The number of aromatic nitrogens is 3. The predicted octanol–water partition coefficient (Wildman–Crippen LogP) is 3.61. The molecule has 152 valence electrons. The Balaban J connectivity index is 1.45. The fourth-order valence-electron chi connectivity index (χ4n) is 3.23. The molecule has 0 aliphatic carbocycles. The van der Waals surface area contributed by atoms with E-state index in [1.165, 1.54) is 12.1 Å². The molecule has 3 aromatic rings. The van der Waals surface area contributed by atoms with Gasteiger partial charge in [-0.25, -0.2) is 0 Å². The highest BCUT2D eigenvalue weighted by Crippen LogP contribution is 2.33. The third-order valence-corrected chi connectivity index (χ3v) is 4.75. The summed E-state index contributed by atoms with van der Waals surface area (Å²) in [6, 6.07) is 6.65. The number of halogens is 3. The second-order valence-electron chi connectivity index (χ2n) is 6.72. The highest BCUT2D eigenvalue weighted by atomic mass is 19.4. The topological polar surface area (TPSA) is 76.2 Å². The molecule has 1 N–H and O–H groups in total. The maximum absolute atomic E-state index is 12.9. The van der Waals surface area contributed by atoms with Crippen LogP contribution in [0.2, 0.25) is 0 Å². The number of benzene rings is 1. The zero-order valence-electron chi connectivity index (χ0n) is 15.3. The lowest BCUT2D eigenvalue weighted by Gasteiger charge is -2.26. The molecule has 3 heterocycles. The average molecular weight is 405 g/mol. The van der Waals surface area contributed by atoms with Gasteiger partial charge in [-0.3, -0.25) is 9.48 Å². The molecule has 1 amide bonds. The van der Waals surface area contributed by atoms with Crippen molar-refractivity contribution in [2.24, 2.45) is 0 Å². The molecule has 0 atom stereocenters. The van der Waals surface area contributed by atoms with Gasteiger partial charge >= 0.3 is 6.18 Å². The number of rotatable bonds is 5. The first kappa shape index (κ1) is 19.0. The fourth-order valence-corrected chi connectivity index (χ4v) is 3.23. The van der Waals surface area contributed by atoms with E-state index in [9.17, 15) is 18.0 Å². The Kier molecular flexibility index (Phi) is 4.99. The molecule has 0 bridgehead atoms. The number of fused-ring (bicyclic) bond motifs is 1. The van der Waals surface area contributed by atoms with Crippen LogP contribution < -0.4 is 5.32 Å². The van der Waals surface area contributed by atoms with Crippen LogP contribution in [0.4, 0.5) is 24.7 Å². The molecule has 1 aliphatic heterocycles. The van der Waals surface area contributed by atoms with E-state index in [-0.39, 0.29) is 18.1 Å². The quantitative estimate of drug-likeness (QED) is 0.702. The van der Waals surface area contributed by atoms with Gasteiger partial charge in [-0.15, -0.1) is 0 Å². The summed E-state index contributed by atoms with van der Waals surface area (Å²) >= 11 is 0. The largest absolute Gasteiger partial charge is 0.416 e. The summed E-state index contributed by atoms with van der Waals surface area (Å²) in [5.41, 5.74) is 0.175. The molecule has 0 spiro atoms. The van der Waals surface area contributed by atoms with Gasteiger partial charge in [0.1, 0.15) is 5.76 Å². The fraction of sp³-hybridized carbons (Fsp3) is 0.316. The minimum atomic E-state index is -4.43. The minimum absolute atomic E-state index is 0.0302. The van der Waals surface area contributed by atoms with Crippen LogP contribution in [-0.4, -0.2) is 32.3 Å². The van der Waals surface area contributed by atoms with Gasteiger partial charge in [0.05, 0.1) is 17.7 Å². The van der Waals surface area contributed by atoms with E-state index in [0.29, 0.717) is 43.1 Å². The maximum Gasteiger partial charge on any atom is 0.416 e. The zero-order chi connectivity index (χ0) is 20.4. The standard InChI is InChI=1S/C19H18F3N5O2/c20-19(21,22)13-3-1-4-14(11-13)24-18-15-12-26(9-5-16(15)29-25-18)17(28)6-10-27-8-2-7-23-27/h1-4,7-8,11H,5-6,9-10,12H2,(H,24,25). The number of carbonyl (C=O) groups is 1. The highest BCUT2D eigenvalue weighted by Gasteiger charge is 2.31. The van der Waals surface area contributed by atoms with Crippen molar-refractivity contribution < 1.29 is 22.5 Å². The first-order chi connectivity index (χ1) is 13.9. The molecule has 29 heavy (non-hydrogen) atoms. The molecule has 7 nitrogen and oxygen atoms in total. The summed E-state index contributed by atoms with van der Waals surface area (Å²) in [5.74, 6) is 0.928. The van der Waals surface area contributed by atoms with Gasteiger partial charge in [-0.05, 0) is 24.3 Å². The van der Waals surface area contributed by atoms with E-state index in [0.717, 1.165) is 12.1 Å². The summed E-state index contributed by atoms with van der Waals surface area (Å²) in [7, 11) is 0. The van der Waals surface area contributed by atoms with Gasteiger partial charge in [0.25, 0.3) is 0 Å². The Morgan fingerprint density at radius 2 is 2.14 bits per heavy atom. The van der Waals surface area contributed by atoms with Crippen LogP contribution in [-0.2, 0) is 30.5 Å². The van der Waals surface area contributed by atoms with E-state index in [1.54, 1.807) is 28.0 Å². The van der Waals surface area contributed by atoms with Gasteiger partial charge in [0, 0.05) is 44.0 Å². The number of amides is 1. The number of anilines is 2. The van der Waals surface area contributed by atoms with E-state index in [2.05, 4.69) is 15.6 Å². The van der Waals surface area contributed by atoms with Gasteiger partial charge in [0.15, 0.2) is 5.82 Å². The number of aryl methyl sites for hydroxylation is 1. The molecule has 1 aromatic carbocycles. The van der Waals surface area contributed by atoms with Crippen molar-refractivity contribution in [2.45, 2.75) is 32.1 Å². The summed E-state index contributed by atoms with van der Waals surface area (Å²) < 4.78 is 45.8. The Morgan fingerprint density at radius 1 is 1.28 bits per heavy atom. The molecule has 10 heteroatoms. The third-order valence-electron chi connectivity index (χ3n) is 4.75. The summed E-state index contributed by atoms with van der Waals surface area (Å²) in [5, 5.41) is 10.9. The number of nitrogens with one attached hydrogen (secondary N) is 1. The van der Waals surface area contributed by atoms with E-state index >= 15 is 0 Å². The normalized spacial score (nSPS) is 14.0. The number of alkyl halides is 3. The molecule has 0 radical (unpaired) electrons. The second kappa shape index (κ2) is 7.61. The molecule has 0 unspecified atom stereocenters. The Bertz CT molecular complexity index is 998. The molecular weight excluding hydrogens is 387 g/mol. The zero-order valence-corrected chi connectivity index (χ0v) is 15.3. The molecule has 4 rings (SSSR count). The first-order valence-corrected chi connectivity index (χ1v) is 9.07. The molecule has 0 saturated heterocycles. The highest BCUT2D eigenvalue weighted by molar-refractivity contribution is 5.77. The molecule has 2 aromatic heterocycles. The van der Waals surface area contributed by atoms with Crippen LogP contribution in [0.25, 0.3) is 0 Å². The van der Waals surface area contributed by atoms with E-state index in [4.69, 9.17) is 4.52 Å². The van der Waals surface area contributed by atoms with Crippen molar-refractivity contribution in [1.29, 1.82) is 0 Å². The predicted molar refractivity (Wildman–Crippen MR) is 97.2 cm³/mol. The minimum Gasteiger partial charge on any atom is -0.359 e. The molecule has 1 aliphatic rings. The van der Waals surface area contributed by atoms with Gasteiger partial charge in [-0.2, -0.15) is 18.3 Å². The van der Waals surface area contributed by atoms with Gasteiger partial charge < -0.3 is 14.7 Å². The number of hydrogen-bond acceptors (Lipinski definition) is 5. The van der Waals surface area contributed by atoms with Crippen LogP contribution in [0.5, 0.6) is 0 Å². The van der Waals surface area contributed by atoms with Crippen molar-refractivity contribution in [3.8, 4) is 0 Å². The van der Waals surface area contributed by atoms with E-state index in [1.807, 2.05) is 0 Å². The van der Waals surface area contributed by atoms with Crippen molar-refractivity contribution in [1.82, 2.24) is 19.8 Å². The molecule has 0 saturated carbocycles. The average Bonchev–Trinajstić information content (AvgIpc) is 3.35. The van der Waals surface area contributed by atoms with Gasteiger partial charge in [0.2, 0.25) is 5.91 Å². The van der Waals surface area contributed by atoms with E-state index < -0.39 is 11.7 Å². The lowest BCUT2D eigenvalue weighted by molar-refractivity contribution is -0.137. The second-order valence-corrected chi connectivity index (χ2v) is 6.72. The molecular formula is C19H18F3N5O2. The smallest absolute Gasteiger partial charge is 0.359 e. The van der Waals surface area contributed by atoms with Crippen LogP contribution in [0.15, 0.2) is 47.2 Å². The Morgan fingerprint density at radius 3 is 2.90 bits per heavy atom. The van der Waals surface area contributed by atoms with Crippen molar-refractivity contribution in [3.63, 3.8) is 0 Å². The third kappa shape index (κ3) is 4.25. The SMILES string of the molecule is O=C(CCn1cccn1)N1CCc2onc(Nc3cccc(C(F)(F)F)c3)c2C1.